The van der Waals surface area contributed by atoms with Crippen LogP contribution < -0.4 is 9.46 Å². The molecule has 0 fully saturated rings. The third-order valence-corrected chi connectivity index (χ3v) is 3.14. The molecule has 1 heterocycles. The first-order chi connectivity index (χ1) is 10.7. The Morgan fingerprint density at radius 1 is 1.17 bits per heavy atom. The number of aromatic nitrogens is 2. The van der Waals surface area contributed by atoms with Gasteiger partial charge in [-0.25, -0.2) is 26.9 Å². The summed E-state index contributed by atoms with van der Waals surface area (Å²) in [6.07, 6.45) is 3.43. The molecule has 0 saturated heterocycles. The summed E-state index contributed by atoms with van der Waals surface area (Å²) >= 11 is 0. The molecule has 1 aromatic heterocycles. The third kappa shape index (κ3) is 4.19. The van der Waals surface area contributed by atoms with E-state index in [2.05, 4.69) is 9.97 Å². The maximum atomic E-state index is 14.0. The largest absolute Gasteiger partial charge is 0.434 e. The van der Waals surface area contributed by atoms with E-state index in [1.165, 1.54) is 12.4 Å². The molecule has 0 aliphatic carbocycles. The number of hydrogen-bond acceptors (Lipinski definition) is 6. The van der Waals surface area contributed by atoms with E-state index in [0.717, 1.165) is 0 Å². The zero-order valence-corrected chi connectivity index (χ0v) is 12.8. The second-order valence-electron chi connectivity index (χ2n) is 4.51. The van der Waals surface area contributed by atoms with E-state index in [4.69, 9.17) is 4.74 Å². The lowest BCUT2D eigenvalue weighted by Crippen LogP contribution is -2.30. The minimum absolute atomic E-state index is 0.0286. The monoisotopic (exact) mass is 343 g/mol. The standard InChI is InChI=1S/C13H11F2N3O4S/c1-7-13(17-4-3-16-7)22-11-6-9(14)8(5-10(11)15)12(19)18-23(2,20)21/h3-6H,1-2H3,(H,18,19). The molecule has 23 heavy (non-hydrogen) atoms. The van der Waals surface area contributed by atoms with Gasteiger partial charge in [0.05, 0.1) is 17.5 Å². The predicted molar refractivity (Wildman–Crippen MR) is 75.5 cm³/mol. The van der Waals surface area contributed by atoms with Crippen LogP contribution in [0.2, 0.25) is 0 Å². The summed E-state index contributed by atoms with van der Waals surface area (Å²) in [6, 6.07) is 1.16. The van der Waals surface area contributed by atoms with Crippen molar-refractivity contribution in [3.8, 4) is 11.6 Å². The number of hydrogen-bond donors (Lipinski definition) is 1. The van der Waals surface area contributed by atoms with Gasteiger partial charge < -0.3 is 4.74 Å². The highest BCUT2D eigenvalue weighted by atomic mass is 32.2. The Kier molecular flexibility index (Phi) is 4.55. The van der Waals surface area contributed by atoms with Crippen LogP contribution in [0.3, 0.4) is 0 Å². The Morgan fingerprint density at radius 2 is 1.83 bits per heavy atom. The summed E-state index contributed by atoms with van der Waals surface area (Å²) in [5, 5.41) is 0. The van der Waals surface area contributed by atoms with Crippen molar-refractivity contribution in [3.05, 3.63) is 47.4 Å². The van der Waals surface area contributed by atoms with Crippen LogP contribution >= 0.6 is 0 Å². The lowest BCUT2D eigenvalue weighted by atomic mass is 10.2. The molecule has 1 amide bonds. The number of nitrogens with one attached hydrogen (secondary N) is 1. The van der Waals surface area contributed by atoms with Gasteiger partial charge in [-0.2, -0.15) is 0 Å². The van der Waals surface area contributed by atoms with Gasteiger partial charge in [0, 0.05) is 18.5 Å². The van der Waals surface area contributed by atoms with Crippen LogP contribution in [-0.2, 0) is 10.0 Å². The molecule has 0 atom stereocenters. The van der Waals surface area contributed by atoms with Crippen molar-refractivity contribution in [2.75, 3.05) is 6.26 Å². The Bertz CT molecular complexity index is 872. The number of amides is 1. The molecule has 2 rings (SSSR count). The van der Waals surface area contributed by atoms with Gasteiger partial charge in [-0.05, 0) is 13.0 Å². The van der Waals surface area contributed by atoms with Crippen molar-refractivity contribution in [1.82, 2.24) is 14.7 Å². The zero-order valence-electron chi connectivity index (χ0n) is 12.0. The lowest BCUT2D eigenvalue weighted by Gasteiger charge is -2.10. The minimum Gasteiger partial charge on any atom is -0.434 e. The highest BCUT2D eigenvalue weighted by molar-refractivity contribution is 7.89. The molecule has 1 aromatic carbocycles. The van der Waals surface area contributed by atoms with Gasteiger partial charge in [-0.15, -0.1) is 0 Å². The molecule has 0 aliphatic heterocycles. The predicted octanol–water partition coefficient (Wildman–Crippen LogP) is 1.54. The molecule has 7 nitrogen and oxygen atoms in total. The van der Waals surface area contributed by atoms with E-state index in [0.29, 0.717) is 24.1 Å². The van der Waals surface area contributed by atoms with E-state index >= 15 is 0 Å². The minimum atomic E-state index is -3.90. The highest BCUT2D eigenvalue weighted by Gasteiger charge is 2.20. The quantitative estimate of drug-likeness (QED) is 0.904. The molecule has 0 radical (unpaired) electrons. The molecule has 0 spiro atoms. The van der Waals surface area contributed by atoms with E-state index in [-0.39, 0.29) is 5.88 Å². The van der Waals surface area contributed by atoms with Crippen LogP contribution in [0.15, 0.2) is 24.5 Å². The first-order valence-electron chi connectivity index (χ1n) is 6.14. The van der Waals surface area contributed by atoms with Gasteiger partial charge in [0.2, 0.25) is 15.9 Å². The van der Waals surface area contributed by atoms with Crippen LogP contribution in [0.5, 0.6) is 11.6 Å². The maximum Gasteiger partial charge on any atom is 0.267 e. The molecule has 122 valence electrons. The van der Waals surface area contributed by atoms with E-state index in [1.54, 1.807) is 11.6 Å². The Hall–Kier alpha value is -2.62. The summed E-state index contributed by atoms with van der Waals surface area (Å²) in [6.45, 7) is 1.56. The van der Waals surface area contributed by atoms with Crippen LogP contribution in [-0.4, -0.2) is 30.5 Å². The Morgan fingerprint density at radius 3 is 2.43 bits per heavy atom. The van der Waals surface area contributed by atoms with Crippen molar-refractivity contribution in [2.45, 2.75) is 6.92 Å². The lowest BCUT2D eigenvalue weighted by molar-refractivity contribution is 0.0977. The normalized spacial score (nSPS) is 11.1. The number of carbonyl (C=O) groups excluding carboxylic acids is 1. The summed E-state index contributed by atoms with van der Waals surface area (Å²) in [5.74, 6) is -4.04. The van der Waals surface area contributed by atoms with Crippen molar-refractivity contribution < 1.29 is 26.7 Å². The smallest absolute Gasteiger partial charge is 0.267 e. The summed E-state index contributed by atoms with van der Waals surface area (Å²) < 4.78 is 56.5. The van der Waals surface area contributed by atoms with Gasteiger partial charge in [-0.1, -0.05) is 0 Å². The maximum absolute atomic E-state index is 14.0. The fraction of sp³-hybridized carbons (Fsp3) is 0.154. The SMILES string of the molecule is Cc1nccnc1Oc1cc(F)c(C(=O)NS(C)(=O)=O)cc1F. The number of sulfonamides is 1. The number of nitrogens with zero attached hydrogens (tertiary/aromatic N) is 2. The fourth-order valence-corrected chi connectivity index (χ4v) is 2.05. The molecule has 0 saturated carbocycles. The highest BCUT2D eigenvalue weighted by Crippen LogP contribution is 2.27. The second kappa shape index (κ2) is 6.24. The molecule has 0 bridgehead atoms. The van der Waals surface area contributed by atoms with Crippen LogP contribution in [0.1, 0.15) is 16.1 Å². The molecular weight excluding hydrogens is 332 g/mol. The number of ether oxygens (including phenoxy) is 1. The molecular formula is C13H11F2N3O4S. The third-order valence-electron chi connectivity index (χ3n) is 2.59. The first-order valence-corrected chi connectivity index (χ1v) is 8.03. The summed E-state index contributed by atoms with van der Waals surface area (Å²) in [7, 11) is -3.90. The molecule has 0 unspecified atom stereocenters. The van der Waals surface area contributed by atoms with Gasteiger partial charge in [0.25, 0.3) is 5.91 Å². The van der Waals surface area contributed by atoms with Crippen molar-refractivity contribution >= 4 is 15.9 Å². The van der Waals surface area contributed by atoms with Crippen LogP contribution in [0, 0.1) is 18.6 Å². The topological polar surface area (TPSA) is 98.2 Å². The van der Waals surface area contributed by atoms with Crippen LogP contribution in [0.4, 0.5) is 8.78 Å². The number of aryl methyl sites for hydroxylation is 1. The summed E-state index contributed by atoms with van der Waals surface area (Å²) in [4.78, 5) is 19.3. The van der Waals surface area contributed by atoms with Crippen LogP contribution in [0.25, 0.3) is 0 Å². The average Bonchev–Trinajstić information content (AvgIpc) is 2.43. The summed E-state index contributed by atoms with van der Waals surface area (Å²) in [5.41, 5.74) is -0.414. The van der Waals surface area contributed by atoms with E-state index in [9.17, 15) is 22.0 Å². The molecule has 10 heteroatoms. The van der Waals surface area contributed by atoms with Crippen molar-refractivity contribution in [1.29, 1.82) is 0 Å². The Balaban J connectivity index is 2.34. The number of halogens is 2. The van der Waals surface area contributed by atoms with Crippen molar-refractivity contribution in [2.24, 2.45) is 0 Å². The average molecular weight is 343 g/mol. The number of rotatable bonds is 4. The Labute approximate surface area is 130 Å². The number of benzene rings is 1. The zero-order chi connectivity index (χ0) is 17.2. The van der Waals surface area contributed by atoms with Gasteiger partial charge in [0.1, 0.15) is 5.82 Å². The van der Waals surface area contributed by atoms with E-state index in [1.807, 2.05) is 0 Å². The molecule has 2 aromatic rings. The molecule has 0 aliphatic rings. The fourth-order valence-electron chi connectivity index (χ4n) is 1.60. The van der Waals surface area contributed by atoms with Gasteiger partial charge >= 0.3 is 0 Å². The van der Waals surface area contributed by atoms with E-state index < -0.39 is 38.9 Å². The number of carbonyl (C=O) groups is 1. The second-order valence-corrected chi connectivity index (χ2v) is 6.26. The van der Waals surface area contributed by atoms with Gasteiger partial charge in [-0.3, -0.25) is 9.78 Å². The van der Waals surface area contributed by atoms with Crippen molar-refractivity contribution in [3.63, 3.8) is 0 Å². The van der Waals surface area contributed by atoms with Gasteiger partial charge in [0.15, 0.2) is 11.6 Å². The molecule has 1 N–H and O–H groups in total. The first kappa shape index (κ1) is 16.7.